The molecule has 148 valence electrons. The Hall–Kier alpha value is -3.06. The van der Waals surface area contributed by atoms with E-state index in [1.54, 1.807) is 0 Å². The minimum absolute atomic E-state index is 0.128. The highest BCUT2D eigenvalue weighted by atomic mass is 32.2. The molecule has 2 aromatic carbocycles. The minimum Gasteiger partial charge on any atom is -0.508 e. The average molecular weight is 408 g/mol. The molecule has 2 aromatic heterocycles. The van der Waals surface area contributed by atoms with Crippen LogP contribution in [0.4, 0.5) is 0 Å². The van der Waals surface area contributed by atoms with Crippen molar-refractivity contribution in [1.29, 1.82) is 0 Å². The third-order valence-corrected chi connectivity index (χ3v) is 5.79. The molecule has 0 aliphatic rings. The van der Waals surface area contributed by atoms with E-state index in [0.29, 0.717) is 28.9 Å². The quantitative estimate of drug-likeness (QED) is 0.366. The number of phenols is 1. The number of aromatic nitrogens is 2. The van der Waals surface area contributed by atoms with Gasteiger partial charge < -0.3 is 13.9 Å². The number of hydrogen-bond donors (Lipinski definition) is 1. The summed E-state index contributed by atoms with van der Waals surface area (Å²) in [6.07, 6.45) is 0.677. The maximum absolute atomic E-state index is 11.9. The Kier molecular flexibility index (Phi) is 5.15. The van der Waals surface area contributed by atoms with E-state index >= 15 is 0 Å². The zero-order valence-corrected chi connectivity index (χ0v) is 17.2. The number of nitrogens with zero attached hydrogens (tertiary/aromatic N) is 2. The van der Waals surface area contributed by atoms with Crippen LogP contribution in [-0.4, -0.2) is 15.3 Å². The highest BCUT2D eigenvalue weighted by Gasteiger charge is 2.14. The first-order valence-electron chi connectivity index (χ1n) is 9.27. The van der Waals surface area contributed by atoms with Gasteiger partial charge in [0.2, 0.25) is 5.89 Å². The molecule has 0 bridgehead atoms. The van der Waals surface area contributed by atoms with Crippen molar-refractivity contribution in [1.82, 2.24) is 10.2 Å². The number of rotatable bonds is 5. The molecule has 0 unspecified atom stereocenters. The van der Waals surface area contributed by atoms with Crippen molar-refractivity contribution in [2.75, 3.05) is 0 Å². The highest BCUT2D eigenvalue weighted by Crippen LogP contribution is 2.31. The van der Waals surface area contributed by atoms with Crippen LogP contribution in [0.25, 0.3) is 22.4 Å². The Morgan fingerprint density at radius 3 is 2.59 bits per heavy atom. The van der Waals surface area contributed by atoms with Crippen LogP contribution < -0.4 is 5.63 Å². The van der Waals surface area contributed by atoms with Crippen LogP contribution in [0.1, 0.15) is 29.2 Å². The normalized spacial score (nSPS) is 11.3. The van der Waals surface area contributed by atoms with E-state index in [1.165, 1.54) is 29.5 Å². The molecule has 0 saturated carbocycles. The Labute approximate surface area is 171 Å². The van der Waals surface area contributed by atoms with E-state index in [0.717, 1.165) is 27.6 Å². The summed E-state index contributed by atoms with van der Waals surface area (Å²) in [4.78, 5) is 11.9. The van der Waals surface area contributed by atoms with Crippen molar-refractivity contribution < 1.29 is 13.9 Å². The van der Waals surface area contributed by atoms with Gasteiger partial charge >= 0.3 is 5.63 Å². The summed E-state index contributed by atoms with van der Waals surface area (Å²) in [5, 5.41) is 19.5. The standard InChI is InChI=1S/C22H20N2O4S/c1-4-14-8-17-16(9-20(26)27-19(17)10-18(14)25)11-29-22-24-23-21(28-22)15-6-5-12(2)13(3)7-15/h5-10,25H,4,11H2,1-3H3. The fourth-order valence-corrected chi connectivity index (χ4v) is 3.86. The van der Waals surface area contributed by atoms with E-state index < -0.39 is 5.63 Å². The van der Waals surface area contributed by atoms with Gasteiger partial charge in [-0.3, -0.25) is 0 Å². The summed E-state index contributed by atoms with van der Waals surface area (Å²) in [5.41, 5.74) is 4.74. The van der Waals surface area contributed by atoms with Crippen LogP contribution in [-0.2, 0) is 12.2 Å². The molecule has 1 N–H and O–H groups in total. The highest BCUT2D eigenvalue weighted by molar-refractivity contribution is 7.98. The largest absolute Gasteiger partial charge is 0.508 e. The molecule has 0 amide bonds. The van der Waals surface area contributed by atoms with E-state index in [2.05, 4.69) is 17.1 Å². The van der Waals surface area contributed by atoms with Crippen LogP contribution in [0.5, 0.6) is 5.75 Å². The molecule has 0 fully saturated rings. The second-order valence-electron chi connectivity index (χ2n) is 6.88. The van der Waals surface area contributed by atoms with Gasteiger partial charge in [0.1, 0.15) is 11.3 Å². The van der Waals surface area contributed by atoms with Crippen molar-refractivity contribution in [2.45, 2.75) is 38.2 Å². The molecule has 0 saturated heterocycles. The Morgan fingerprint density at radius 1 is 1.00 bits per heavy atom. The first-order valence-corrected chi connectivity index (χ1v) is 10.3. The van der Waals surface area contributed by atoms with E-state index in [-0.39, 0.29) is 5.75 Å². The molecular weight excluding hydrogens is 388 g/mol. The number of phenolic OH excluding ortho intramolecular Hbond substituents is 1. The number of aromatic hydroxyl groups is 1. The van der Waals surface area contributed by atoms with Crippen molar-refractivity contribution in [3.05, 3.63) is 69.1 Å². The molecule has 4 rings (SSSR count). The fourth-order valence-electron chi connectivity index (χ4n) is 3.11. The molecule has 0 radical (unpaired) electrons. The van der Waals surface area contributed by atoms with Gasteiger partial charge in [-0.15, -0.1) is 10.2 Å². The SMILES string of the molecule is CCc1cc2c(CSc3nnc(-c4ccc(C)c(C)c4)o3)cc(=O)oc2cc1O. The summed E-state index contributed by atoms with van der Waals surface area (Å²) < 4.78 is 11.0. The van der Waals surface area contributed by atoms with Crippen LogP contribution in [0.2, 0.25) is 0 Å². The Bertz CT molecular complexity index is 1260. The van der Waals surface area contributed by atoms with Gasteiger partial charge in [0.15, 0.2) is 0 Å². The van der Waals surface area contributed by atoms with Gasteiger partial charge in [0, 0.05) is 28.8 Å². The summed E-state index contributed by atoms with van der Waals surface area (Å²) in [6, 6.07) is 10.8. The maximum Gasteiger partial charge on any atom is 0.336 e. The number of thioether (sulfide) groups is 1. The summed E-state index contributed by atoms with van der Waals surface area (Å²) in [6.45, 7) is 6.05. The van der Waals surface area contributed by atoms with Crippen LogP contribution in [0.3, 0.4) is 0 Å². The van der Waals surface area contributed by atoms with E-state index in [4.69, 9.17) is 8.83 Å². The molecule has 0 spiro atoms. The number of benzene rings is 2. The van der Waals surface area contributed by atoms with Gasteiger partial charge in [-0.05, 0) is 60.7 Å². The smallest absolute Gasteiger partial charge is 0.336 e. The van der Waals surface area contributed by atoms with Gasteiger partial charge in [-0.25, -0.2) is 4.79 Å². The average Bonchev–Trinajstić information content (AvgIpc) is 3.16. The molecule has 0 aliphatic heterocycles. The summed E-state index contributed by atoms with van der Waals surface area (Å²) in [7, 11) is 0. The second kappa shape index (κ2) is 7.75. The predicted molar refractivity (Wildman–Crippen MR) is 112 cm³/mol. The molecule has 2 heterocycles. The lowest BCUT2D eigenvalue weighted by Gasteiger charge is -2.07. The van der Waals surface area contributed by atoms with Gasteiger partial charge in [0.25, 0.3) is 5.22 Å². The van der Waals surface area contributed by atoms with Gasteiger partial charge in [-0.2, -0.15) is 0 Å². The first-order chi connectivity index (χ1) is 13.9. The maximum atomic E-state index is 11.9. The van der Waals surface area contributed by atoms with Gasteiger partial charge in [-0.1, -0.05) is 24.8 Å². The molecule has 0 atom stereocenters. The molecular formula is C22H20N2O4S. The fraction of sp³-hybridized carbons (Fsp3) is 0.227. The zero-order chi connectivity index (χ0) is 20.5. The summed E-state index contributed by atoms with van der Waals surface area (Å²) in [5.74, 6) is 1.05. The van der Waals surface area contributed by atoms with E-state index in [9.17, 15) is 9.90 Å². The number of fused-ring (bicyclic) bond motifs is 1. The lowest BCUT2D eigenvalue weighted by atomic mass is 10.1. The lowest BCUT2D eigenvalue weighted by molar-refractivity contribution is 0.465. The first kappa shape index (κ1) is 19.3. The third-order valence-electron chi connectivity index (χ3n) is 4.92. The molecule has 29 heavy (non-hydrogen) atoms. The van der Waals surface area contributed by atoms with Gasteiger partial charge in [0.05, 0.1) is 0 Å². The Balaban J connectivity index is 1.61. The monoisotopic (exact) mass is 408 g/mol. The minimum atomic E-state index is -0.460. The number of hydrogen-bond acceptors (Lipinski definition) is 7. The lowest BCUT2D eigenvalue weighted by Crippen LogP contribution is -2.00. The van der Waals surface area contributed by atoms with Crippen molar-refractivity contribution >= 4 is 22.7 Å². The second-order valence-corrected chi connectivity index (χ2v) is 7.81. The zero-order valence-electron chi connectivity index (χ0n) is 16.4. The van der Waals surface area contributed by atoms with Crippen LogP contribution in [0, 0.1) is 13.8 Å². The Morgan fingerprint density at radius 2 is 1.83 bits per heavy atom. The van der Waals surface area contributed by atoms with Crippen molar-refractivity contribution in [3.63, 3.8) is 0 Å². The molecule has 4 aromatic rings. The molecule has 6 nitrogen and oxygen atoms in total. The molecule has 7 heteroatoms. The topological polar surface area (TPSA) is 89.4 Å². The molecule has 0 aliphatic carbocycles. The van der Waals surface area contributed by atoms with Crippen molar-refractivity contribution in [2.24, 2.45) is 0 Å². The van der Waals surface area contributed by atoms with E-state index in [1.807, 2.05) is 38.1 Å². The third kappa shape index (κ3) is 3.91. The van der Waals surface area contributed by atoms with Crippen molar-refractivity contribution in [3.8, 4) is 17.2 Å². The van der Waals surface area contributed by atoms with Crippen LogP contribution in [0.15, 0.2) is 55.2 Å². The number of aryl methyl sites for hydroxylation is 3. The summed E-state index contributed by atoms with van der Waals surface area (Å²) >= 11 is 1.35. The predicted octanol–water partition coefficient (Wildman–Crippen LogP) is 5.02. The van der Waals surface area contributed by atoms with Crippen LogP contribution >= 0.6 is 11.8 Å².